The van der Waals surface area contributed by atoms with Crippen LogP contribution >= 0.6 is 0 Å². The summed E-state index contributed by atoms with van der Waals surface area (Å²) >= 11 is 0. The second-order valence-electron chi connectivity index (χ2n) is 9.64. The van der Waals surface area contributed by atoms with Crippen molar-refractivity contribution in [1.82, 2.24) is 0 Å². The highest BCUT2D eigenvalue weighted by Gasteiger charge is 2.11. The van der Waals surface area contributed by atoms with Crippen LogP contribution in [0.25, 0.3) is 11.1 Å². The molecule has 0 heterocycles. The summed E-state index contributed by atoms with van der Waals surface area (Å²) in [4.78, 5) is 0. The van der Waals surface area contributed by atoms with Crippen LogP contribution in [0, 0.1) is 0 Å². The van der Waals surface area contributed by atoms with Crippen LogP contribution in [0.3, 0.4) is 0 Å². The Kier molecular flexibility index (Phi) is 10.9. The first-order valence-electron chi connectivity index (χ1n) is 13.2. The van der Waals surface area contributed by atoms with Crippen molar-refractivity contribution in [3.63, 3.8) is 0 Å². The van der Waals surface area contributed by atoms with Gasteiger partial charge in [-0.25, -0.2) is 0 Å². The molecule has 0 amide bonds. The molecular weight excluding hydrogens is 416 g/mol. The minimum absolute atomic E-state index is 0.00832. The molecule has 182 valence electrons. The summed E-state index contributed by atoms with van der Waals surface area (Å²) in [5, 5.41) is 19.0. The van der Waals surface area contributed by atoms with Crippen molar-refractivity contribution in [3.05, 3.63) is 95.1 Å². The van der Waals surface area contributed by atoms with Crippen LogP contribution in [0.5, 0.6) is 0 Å². The Bertz CT molecular complexity index is 965. The molecule has 1 aliphatic carbocycles. The SMILES string of the molecule is C=C(CO)c1ccc(CCCCc2ccc(C3=CCC(O)C=C3)c(CCCCCCC)c2)cc1. The second kappa shape index (κ2) is 14.1. The molecule has 0 radical (unpaired) electrons. The highest BCUT2D eigenvalue weighted by atomic mass is 16.3. The van der Waals surface area contributed by atoms with Crippen molar-refractivity contribution in [2.24, 2.45) is 0 Å². The Morgan fingerprint density at radius 3 is 2.24 bits per heavy atom. The third-order valence-corrected chi connectivity index (χ3v) is 6.84. The largest absolute Gasteiger partial charge is 0.392 e. The number of unbranched alkanes of at least 4 members (excludes halogenated alkanes) is 5. The monoisotopic (exact) mass is 458 g/mol. The number of aliphatic hydroxyl groups excluding tert-OH is 2. The molecule has 0 aromatic heterocycles. The van der Waals surface area contributed by atoms with E-state index in [9.17, 15) is 10.2 Å². The van der Waals surface area contributed by atoms with Gasteiger partial charge >= 0.3 is 0 Å². The van der Waals surface area contributed by atoms with E-state index in [1.165, 1.54) is 72.8 Å². The Morgan fingerprint density at radius 2 is 1.56 bits per heavy atom. The summed E-state index contributed by atoms with van der Waals surface area (Å²) in [6, 6.07) is 15.5. The quantitative estimate of drug-likeness (QED) is 0.288. The number of rotatable bonds is 14. The van der Waals surface area contributed by atoms with Gasteiger partial charge < -0.3 is 10.2 Å². The highest BCUT2D eigenvalue weighted by Crippen LogP contribution is 2.28. The van der Waals surface area contributed by atoms with Crippen molar-refractivity contribution in [2.45, 2.75) is 83.7 Å². The maximum absolute atomic E-state index is 9.82. The topological polar surface area (TPSA) is 40.5 Å². The predicted octanol–water partition coefficient (Wildman–Crippen LogP) is 7.47. The van der Waals surface area contributed by atoms with E-state index in [0.717, 1.165) is 30.4 Å². The van der Waals surface area contributed by atoms with E-state index in [-0.39, 0.29) is 12.7 Å². The number of benzene rings is 2. The summed E-state index contributed by atoms with van der Waals surface area (Å²) in [6.07, 6.45) is 18.7. The average Bonchev–Trinajstić information content (AvgIpc) is 2.87. The normalized spacial score (nSPS) is 15.4. The van der Waals surface area contributed by atoms with E-state index in [0.29, 0.717) is 6.42 Å². The van der Waals surface area contributed by atoms with Gasteiger partial charge in [-0.05, 0) is 83.9 Å². The van der Waals surface area contributed by atoms with E-state index in [1.54, 1.807) is 0 Å². The number of hydrogen-bond donors (Lipinski definition) is 2. The third kappa shape index (κ3) is 8.11. The van der Waals surface area contributed by atoms with Crippen molar-refractivity contribution >= 4 is 11.1 Å². The summed E-state index contributed by atoms with van der Waals surface area (Å²) in [5.41, 5.74) is 8.62. The summed E-state index contributed by atoms with van der Waals surface area (Å²) in [7, 11) is 0. The van der Waals surface area contributed by atoms with Gasteiger partial charge in [0.1, 0.15) is 0 Å². The van der Waals surface area contributed by atoms with Crippen molar-refractivity contribution in [2.75, 3.05) is 6.61 Å². The fourth-order valence-corrected chi connectivity index (χ4v) is 4.68. The molecule has 2 aromatic rings. The maximum Gasteiger partial charge on any atom is 0.0758 e. The molecule has 2 heteroatoms. The molecule has 2 nitrogen and oxygen atoms in total. The lowest BCUT2D eigenvalue weighted by Gasteiger charge is -2.17. The Labute approximate surface area is 206 Å². The Hall–Kier alpha value is -2.42. The third-order valence-electron chi connectivity index (χ3n) is 6.84. The number of aliphatic hydroxyl groups is 2. The molecule has 2 N–H and O–H groups in total. The molecule has 0 fully saturated rings. The van der Waals surface area contributed by atoms with Crippen LogP contribution in [0.4, 0.5) is 0 Å². The zero-order chi connectivity index (χ0) is 24.2. The first-order chi connectivity index (χ1) is 16.6. The van der Waals surface area contributed by atoms with E-state index in [2.05, 4.69) is 68.1 Å². The van der Waals surface area contributed by atoms with Gasteiger partial charge in [-0.2, -0.15) is 0 Å². The van der Waals surface area contributed by atoms with Gasteiger partial charge in [-0.15, -0.1) is 0 Å². The molecule has 0 aliphatic heterocycles. The average molecular weight is 459 g/mol. The summed E-state index contributed by atoms with van der Waals surface area (Å²) in [6.45, 7) is 6.17. The van der Waals surface area contributed by atoms with Gasteiger partial charge in [0.15, 0.2) is 0 Å². The van der Waals surface area contributed by atoms with Crippen molar-refractivity contribution in [1.29, 1.82) is 0 Å². The van der Waals surface area contributed by atoms with Crippen molar-refractivity contribution in [3.8, 4) is 0 Å². The molecule has 1 unspecified atom stereocenters. The van der Waals surface area contributed by atoms with Crippen LogP contribution in [0.2, 0.25) is 0 Å². The van der Waals surface area contributed by atoms with Crippen LogP contribution in [-0.2, 0) is 19.3 Å². The Balaban J connectivity index is 1.57. The molecule has 1 aliphatic rings. The van der Waals surface area contributed by atoms with Crippen LogP contribution < -0.4 is 0 Å². The number of hydrogen-bond acceptors (Lipinski definition) is 2. The smallest absolute Gasteiger partial charge is 0.0758 e. The van der Waals surface area contributed by atoms with Crippen molar-refractivity contribution < 1.29 is 10.2 Å². The molecule has 0 spiro atoms. The lowest BCUT2D eigenvalue weighted by Crippen LogP contribution is -2.05. The second-order valence-corrected chi connectivity index (χ2v) is 9.64. The number of allylic oxidation sites excluding steroid dienone is 2. The predicted molar refractivity (Wildman–Crippen MR) is 146 cm³/mol. The van der Waals surface area contributed by atoms with Crippen LogP contribution in [-0.4, -0.2) is 22.9 Å². The van der Waals surface area contributed by atoms with Gasteiger partial charge in [0, 0.05) is 0 Å². The fourth-order valence-electron chi connectivity index (χ4n) is 4.68. The molecule has 0 saturated heterocycles. The standard InChI is InChI=1S/C32H42O2/c1-3-4-5-6-7-12-30-23-27(15-22-32(30)29-18-20-31(34)21-19-29)11-9-8-10-26-13-16-28(17-14-26)25(2)24-33/h13-20,22-23,31,33-34H,2-12,21,24H2,1H3. The molecule has 1 atom stereocenters. The van der Waals surface area contributed by atoms with Crippen LogP contribution in [0.15, 0.2) is 67.3 Å². The Morgan fingerprint density at radius 1 is 0.882 bits per heavy atom. The molecule has 3 rings (SSSR count). The molecular formula is C32H42O2. The van der Waals surface area contributed by atoms with E-state index in [4.69, 9.17) is 0 Å². The van der Waals surface area contributed by atoms with E-state index >= 15 is 0 Å². The van der Waals surface area contributed by atoms with E-state index < -0.39 is 0 Å². The van der Waals surface area contributed by atoms with Gasteiger partial charge in [-0.1, -0.05) is 99.9 Å². The molecule has 2 aromatic carbocycles. The van der Waals surface area contributed by atoms with Gasteiger partial charge in [-0.3, -0.25) is 0 Å². The first kappa shape index (κ1) is 26.2. The number of aryl methyl sites for hydroxylation is 3. The lowest BCUT2D eigenvalue weighted by molar-refractivity contribution is 0.226. The van der Waals surface area contributed by atoms with Gasteiger partial charge in [0.05, 0.1) is 12.7 Å². The summed E-state index contributed by atoms with van der Waals surface area (Å²) in [5.74, 6) is 0. The minimum Gasteiger partial charge on any atom is -0.392 e. The first-order valence-corrected chi connectivity index (χ1v) is 13.2. The zero-order valence-corrected chi connectivity index (χ0v) is 20.9. The van der Waals surface area contributed by atoms with Gasteiger partial charge in [0.2, 0.25) is 0 Å². The summed E-state index contributed by atoms with van der Waals surface area (Å²) < 4.78 is 0. The zero-order valence-electron chi connectivity index (χ0n) is 20.9. The van der Waals surface area contributed by atoms with E-state index in [1.807, 2.05) is 6.08 Å². The molecule has 0 saturated carbocycles. The van der Waals surface area contributed by atoms with Crippen LogP contribution in [0.1, 0.15) is 86.1 Å². The van der Waals surface area contributed by atoms with Gasteiger partial charge in [0.25, 0.3) is 0 Å². The lowest BCUT2D eigenvalue weighted by atomic mass is 9.90. The highest BCUT2D eigenvalue weighted by molar-refractivity contribution is 5.77. The molecule has 34 heavy (non-hydrogen) atoms. The minimum atomic E-state index is -0.342. The fraction of sp³-hybridized carbons (Fsp3) is 0.438. The molecule has 0 bridgehead atoms. The maximum atomic E-state index is 9.82.